The number of H-pyrrole nitrogens is 1. The first-order valence-electron chi connectivity index (χ1n) is 9.05. The Kier molecular flexibility index (Phi) is 4.83. The third-order valence-corrected chi connectivity index (χ3v) is 4.97. The third-order valence-electron chi connectivity index (χ3n) is 4.97. The van der Waals surface area contributed by atoms with Gasteiger partial charge in [0.15, 0.2) is 28.9 Å². The van der Waals surface area contributed by atoms with Gasteiger partial charge in [-0.1, -0.05) is 0 Å². The van der Waals surface area contributed by atoms with Crippen LogP contribution in [0.4, 0.5) is 0 Å². The number of ether oxygens (including phenoxy) is 4. The van der Waals surface area contributed by atoms with Gasteiger partial charge in [-0.15, -0.1) is 0 Å². The van der Waals surface area contributed by atoms with Gasteiger partial charge in [-0.05, 0) is 36.4 Å². The van der Waals surface area contributed by atoms with E-state index in [1.165, 1.54) is 14.2 Å². The maximum Gasteiger partial charge on any atom is 0.280 e. The first kappa shape index (κ1) is 19.4. The average molecular weight is 408 g/mol. The van der Waals surface area contributed by atoms with Gasteiger partial charge in [-0.2, -0.15) is 0 Å². The number of hydrogen-bond acceptors (Lipinski definition) is 6. The lowest BCUT2D eigenvalue weighted by atomic mass is 9.99. The molecule has 3 aromatic rings. The van der Waals surface area contributed by atoms with Gasteiger partial charge in [0.25, 0.3) is 5.91 Å². The highest BCUT2D eigenvalue weighted by Gasteiger charge is 2.34. The molecule has 4 rings (SSSR count). The highest BCUT2D eigenvalue weighted by molar-refractivity contribution is 6.30. The molecule has 0 saturated carbocycles. The van der Waals surface area contributed by atoms with E-state index in [4.69, 9.17) is 18.9 Å². The van der Waals surface area contributed by atoms with Crippen molar-refractivity contribution in [3.05, 3.63) is 53.1 Å². The van der Waals surface area contributed by atoms with Crippen molar-refractivity contribution in [2.24, 2.45) is 4.99 Å². The molecule has 0 spiro atoms. The Hall–Kier alpha value is -3.94. The van der Waals surface area contributed by atoms with Crippen molar-refractivity contribution in [2.75, 3.05) is 28.4 Å². The zero-order chi connectivity index (χ0) is 21.4. The maximum atomic E-state index is 12.8. The van der Waals surface area contributed by atoms with Gasteiger partial charge < -0.3 is 29.0 Å². The second-order valence-corrected chi connectivity index (χ2v) is 6.50. The number of methoxy groups -OCH3 is 4. The normalized spacial score (nSPS) is 12.4. The summed E-state index contributed by atoms with van der Waals surface area (Å²) in [5.41, 5.74) is 2.72. The van der Waals surface area contributed by atoms with E-state index in [1.807, 2.05) is 0 Å². The fraction of sp³-hybridized carbons (Fsp3) is 0.182. The number of fused-ring (bicyclic) bond motifs is 1. The summed E-state index contributed by atoms with van der Waals surface area (Å²) < 4.78 is 21.2. The highest BCUT2D eigenvalue weighted by atomic mass is 16.5. The summed E-state index contributed by atoms with van der Waals surface area (Å²) in [5, 5.41) is 10.6. The van der Waals surface area contributed by atoms with Crippen LogP contribution in [-0.4, -0.2) is 50.1 Å². The molecule has 0 atom stereocenters. The molecule has 1 aromatic heterocycles. The molecule has 1 aliphatic heterocycles. The van der Waals surface area contributed by atoms with Crippen molar-refractivity contribution < 1.29 is 28.8 Å². The van der Waals surface area contributed by atoms with Gasteiger partial charge in [0.1, 0.15) is 0 Å². The van der Waals surface area contributed by atoms with Crippen molar-refractivity contribution in [1.82, 2.24) is 4.98 Å². The Labute approximate surface area is 172 Å². The molecule has 0 aliphatic carbocycles. The minimum atomic E-state index is -0.448. The lowest BCUT2D eigenvalue weighted by molar-refractivity contribution is 0.101. The predicted octanol–water partition coefficient (Wildman–Crippen LogP) is 3.41. The van der Waals surface area contributed by atoms with Crippen LogP contribution < -0.4 is 18.9 Å². The van der Waals surface area contributed by atoms with E-state index < -0.39 is 5.91 Å². The van der Waals surface area contributed by atoms with Gasteiger partial charge in [0, 0.05) is 11.1 Å². The topological polar surface area (TPSA) is 102 Å². The van der Waals surface area contributed by atoms with E-state index in [-0.39, 0.29) is 5.88 Å². The summed E-state index contributed by atoms with van der Waals surface area (Å²) >= 11 is 0. The Morgan fingerprint density at radius 2 is 1.30 bits per heavy atom. The number of aromatic hydroxyl groups is 1. The van der Waals surface area contributed by atoms with Crippen LogP contribution in [0.5, 0.6) is 28.9 Å². The van der Waals surface area contributed by atoms with E-state index in [9.17, 15) is 9.90 Å². The van der Waals surface area contributed by atoms with Crippen molar-refractivity contribution in [3.63, 3.8) is 0 Å². The predicted molar refractivity (Wildman–Crippen MR) is 111 cm³/mol. The smallest absolute Gasteiger partial charge is 0.280 e. The number of aromatic nitrogens is 1. The summed E-state index contributed by atoms with van der Waals surface area (Å²) in [6.45, 7) is 0. The molecule has 2 aromatic carbocycles. The number of nitrogens with zero attached hydrogens (tertiary/aromatic N) is 1. The van der Waals surface area contributed by atoms with E-state index in [0.717, 1.165) is 0 Å². The molecular formula is C22H20N2O6. The van der Waals surface area contributed by atoms with E-state index in [0.29, 0.717) is 56.7 Å². The van der Waals surface area contributed by atoms with E-state index in [2.05, 4.69) is 9.98 Å². The summed E-state index contributed by atoms with van der Waals surface area (Å²) in [4.78, 5) is 19.9. The molecule has 30 heavy (non-hydrogen) atoms. The number of nitrogens with one attached hydrogen (secondary N) is 1. The van der Waals surface area contributed by atoms with Gasteiger partial charge in [0.05, 0.1) is 51.0 Å². The Balaban J connectivity index is 1.83. The Morgan fingerprint density at radius 3 is 1.87 bits per heavy atom. The second kappa shape index (κ2) is 7.47. The number of rotatable bonds is 6. The van der Waals surface area contributed by atoms with Crippen LogP contribution in [0.25, 0.3) is 11.3 Å². The molecule has 2 heterocycles. The largest absolute Gasteiger partial charge is 0.494 e. The molecule has 1 aliphatic rings. The summed E-state index contributed by atoms with van der Waals surface area (Å²) in [6, 6.07) is 10.4. The first-order valence-corrected chi connectivity index (χ1v) is 9.05. The van der Waals surface area contributed by atoms with Crippen molar-refractivity contribution in [1.29, 1.82) is 0 Å². The zero-order valence-corrected chi connectivity index (χ0v) is 16.9. The van der Waals surface area contributed by atoms with Crippen LogP contribution in [0.2, 0.25) is 0 Å². The number of aromatic amines is 1. The van der Waals surface area contributed by atoms with Crippen LogP contribution in [-0.2, 0) is 0 Å². The van der Waals surface area contributed by atoms with Crippen molar-refractivity contribution in [3.8, 4) is 40.1 Å². The lowest BCUT2D eigenvalue weighted by Gasteiger charge is -2.09. The SMILES string of the molecule is COc1ccc(C2=NC(=O)c3c(-c4ccc(OC)c(OC)c4)[nH]c(O)c32)cc1OC. The van der Waals surface area contributed by atoms with Crippen LogP contribution >= 0.6 is 0 Å². The van der Waals surface area contributed by atoms with Gasteiger partial charge in [-0.3, -0.25) is 4.79 Å². The van der Waals surface area contributed by atoms with Crippen molar-refractivity contribution in [2.45, 2.75) is 0 Å². The molecule has 8 heteroatoms. The number of aliphatic imine (C=N–C) groups is 1. The Bertz CT molecular complexity index is 1180. The van der Waals surface area contributed by atoms with Gasteiger partial charge >= 0.3 is 0 Å². The van der Waals surface area contributed by atoms with E-state index >= 15 is 0 Å². The molecule has 0 saturated heterocycles. The number of carbonyl (C=O) groups is 1. The molecule has 0 unspecified atom stereocenters. The second-order valence-electron chi connectivity index (χ2n) is 6.50. The standard InChI is InChI=1S/C22H20N2O6/c1-27-13-7-5-11(9-15(13)29-3)19-17-18(22(26)23-19)20(24-21(17)25)12-6-8-14(28-2)16(10-12)30-4/h5-10,23,26H,1-4H3. The molecule has 0 bridgehead atoms. The van der Waals surface area contributed by atoms with E-state index in [1.54, 1.807) is 50.6 Å². The molecule has 1 amide bonds. The summed E-state index contributed by atoms with van der Waals surface area (Å²) in [7, 11) is 6.14. The molecular weight excluding hydrogens is 388 g/mol. The molecule has 0 fully saturated rings. The maximum absolute atomic E-state index is 12.8. The average Bonchev–Trinajstić information content (AvgIpc) is 3.30. The monoisotopic (exact) mass is 408 g/mol. The van der Waals surface area contributed by atoms with Crippen LogP contribution in [0.15, 0.2) is 41.4 Å². The third kappa shape index (κ3) is 2.93. The molecule has 2 N–H and O–H groups in total. The molecule has 154 valence electrons. The highest BCUT2D eigenvalue weighted by Crippen LogP contribution is 2.41. The number of carbonyl (C=O) groups excluding carboxylic acids is 1. The number of amides is 1. The minimum Gasteiger partial charge on any atom is -0.494 e. The summed E-state index contributed by atoms with van der Waals surface area (Å²) in [5.74, 6) is 1.52. The van der Waals surface area contributed by atoms with Crippen LogP contribution in [0, 0.1) is 0 Å². The molecule has 8 nitrogen and oxygen atoms in total. The van der Waals surface area contributed by atoms with Gasteiger partial charge in [-0.25, -0.2) is 4.99 Å². The van der Waals surface area contributed by atoms with Crippen molar-refractivity contribution >= 4 is 11.6 Å². The first-order chi connectivity index (χ1) is 14.5. The lowest BCUT2D eigenvalue weighted by Crippen LogP contribution is -2.01. The minimum absolute atomic E-state index is 0.144. The number of benzene rings is 2. The fourth-order valence-corrected chi connectivity index (χ4v) is 3.55. The zero-order valence-electron chi connectivity index (χ0n) is 16.9. The Morgan fingerprint density at radius 1 is 0.767 bits per heavy atom. The van der Waals surface area contributed by atoms with Gasteiger partial charge in [0.2, 0.25) is 0 Å². The fourth-order valence-electron chi connectivity index (χ4n) is 3.55. The summed E-state index contributed by atoms with van der Waals surface area (Å²) in [6.07, 6.45) is 0. The number of hydrogen-bond donors (Lipinski definition) is 2. The quantitative estimate of drug-likeness (QED) is 0.648. The van der Waals surface area contributed by atoms with Crippen LogP contribution in [0.3, 0.4) is 0 Å². The van der Waals surface area contributed by atoms with Crippen LogP contribution in [0.1, 0.15) is 21.5 Å². The molecule has 0 radical (unpaired) electrons.